The molecule has 0 unspecified atom stereocenters. The Hall–Kier alpha value is -2.57. The van der Waals surface area contributed by atoms with Crippen molar-refractivity contribution >= 4 is 17.0 Å². The van der Waals surface area contributed by atoms with E-state index in [1.54, 1.807) is 25.6 Å². The summed E-state index contributed by atoms with van der Waals surface area (Å²) >= 11 is 1.56. The quantitative estimate of drug-likeness (QED) is 0.697. The second-order valence-corrected chi connectivity index (χ2v) is 7.09. The minimum Gasteiger partial charge on any atom is -0.493 e. The van der Waals surface area contributed by atoms with Gasteiger partial charge in [0.15, 0.2) is 16.3 Å². The first kappa shape index (κ1) is 19.2. The van der Waals surface area contributed by atoms with Gasteiger partial charge in [-0.15, -0.1) is 11.3 Å². The molecule has 0 aliphatic heterocycles. The van der Waals surface area contributed by atoms with Gasteiger partial charge in [-0.05, 0) is 43.7 Å². The van der Waals surface area contributed by atoms with Crippen molar-refractivity contribution in [3.63, 3.8) is 0 Å². The molecular weight excluding hydrogens is 360 g/mol. The third-order valence-electron chi connectivity index (χ3n) is 4.37. The minimum absolute atomic E-state index is 0.0388. The van der Waals surface area contributed by atoms with Crippen molar-refractivity contribution in [1.29, 1.82) is 0 Å². The largest absolute Gasteiger partial charge is 0.493 e. The fraction of sp³-hybridized carbons (Fsp3) is 0.286. The van der Waals surface area contributed by atoms with Crippen LogP contribution in [0.1, 0.15) is 11.1 Å². The number of aryl methyl sites for hydroxylation is 2. The predicted molar refractivity (Wildman–Crippen MR) is 109 cm³/mol. The van der Waals surface area contributed by atoms with Crippen LogP contribution in [0.15, 0.2) is 46.8 Å². The van der Waals surface area contributed by atoms with E-state index in [9.17, 15) is 5.11 Å². The Morgan fingerprint density at radius 3 is 2.48 bits per heavy atom. The van der Waals surface area contributed by atoms with Crippen LogP contribution in [0.2, 0.25) is 0 Å². The fourth-order valence-electron chi connectivity index (χ4n) is 2.99. The van der Waals surface area contributed by atoms with Crippen LogP contribution < -0.4 is 14.3 Å². The Balaban J connectivity index is 2.12. The standard InChI is InChI=1S/C21H24N2O3S/c1-14-5-7-17(15(2)11-14)22-21-23(9-10-24)18(13-27-21)16-6-8-19(25-3)20(12-16)26-4/h5-8,11-13,24H,9-10H2,1-4H3. The van der Waals surface area contributed by atoms with E-state index in [0.29, 0.717) is 18.0 Å². The highest BCUT2D eigenvalue weighted by Gasteiger charge is 2.12. The second kappa shape index (κ2) is 8.41. The van der Waals surface area contributed by atoms with Crippen LogP contribution in [0.25, 0.3) is 11.3 Å². The Labute approximate surface area is 163 Å². The molecule has 1 heterocycles. The summed E-state index contributed by atoms with van der Waals surface area (Å²) in [4.78, 5) is 5.69. The number of rotatable bonds is 6. The number of methoxy groups -OCH3 is 2. The van der Waals surface area contributed by atoms with Crippen LogP contribution in [0.3, 0.4) is 0 Å². The van der Waals surface area contributed by atoms with Crippen LogP contribution in [0, 0.1) is 13.8 Å². The first-order chi connectivity index (χ1) is 13.1. The van der Waals surface area contributed by atoms with Crippen molar-refractivity contribution in [3.8, 4) is 22.8 Å². The van der Waals surface area contributed by atoms with Gasteiger partial charge in [0.1, 0.15) is 0 Å². The molecule has 0 spiro atoms. The monoisotopic (exact) mass is 384 g/mol. The molecule has 6 heteroatoms. The van der Waals surface area contributed by atoms with Gasteiger partial charge in [-0.25, -0.2) is 4.99 Å². The molecule has 1 N–H and O–H groups in total. The van der Waals surface area contributed by atoms with E-state index in [1.807, 2.05) is 28.8 Å². The molecule has 0 saturated heterocycles. The maximum Gasteiger partial charge on any atom is 0.190 e. The maximum absolute atomic E-state index is 9.57. The van der Waals surface area contributed by atoms with Gasteiger partial charge in [0.25, 0.3) is 0 Å². The van der Waals surface area contributed by atoms with E-state index in [2.05, 4.69) is 31.4 Å². The Bertz CT molecular complexity index is 1000. The number of ether oxygens (including phenoxy) is 2. The topological polar surface area (TPSA) is 56.0 Å². The first-order valence-corrected chi connectivity index (χ1v) is 9.59. The summed E-state index contributed by atoms with van der Waals surface area (Å²) < 4.78 is 12.8. The van der Waals surface area contributed by atoms with Gasteiger partial charge in [-0.2, -0.15) is 0 Å². The Kier molecular flexibility index (Phi) is 5.98. The average molecular weight is 385 g/mol. The minimum atomic E-state index is 0.0388. The zero-order valence-corrected chi connectivity index (χ0v) is 16.8. The van der Waals surface area contributed by atoms with E-state index in [0.717, 1.165) is 27.3 Å². The molecule has 0 atom stereocenters. The van der Waals surface area contributed by atoms with Crippen molar-refractivity contribution in [1.82, 2.24) is 4.57 Å². The summed E-state index contributed by atoms with van der Waals surface area (Å²) in [5.41, 5.74) is 5.25. The molecule has 3 aromatic rings. The number of aliphatic hydroxyl groups is 1. The summed E-state index contributed by atoms with van der Waals surface area (Å²) in [5.74, 6) is 1.36. The van der Waals surface area contributed by atoms with E-state index in [1.165, 1.54) is 5.56 Å². The molecule has 27 heavy (non-hydrogen) atoms. The molecule has 0 aliphatic rings. The van der Waals surface area contributed by atoms with Crippen molar-refractivity contribution < 1.29 is 14.6 Å². The number of hydrogen-bond acceptors (Lipinski definition) is 5. The fourth-order valence-corrected chi connectivity index (χ4v) is 3.94. The lowest BCUT2D eigenvalue weighted by Crippen LogP contribution is -2.18. The van der Waals surface area contributed by atoms with Gasteiger partial charge in [0.05, 0.1) is 32.2 Å². The Morgan fingerprint density at radius 2 is 1.81 bits per heavy atom. The van der Waals surface area contributed by atoms with Crippen LogP contribution in [0.5, 0.6) is 11.5 Å². The number of nitrogens with zero attached hydrogens (tertiary/aromatic N) is 2. The lowest BCUT2D eigenvalue weighted by atomic mass is 10.1. The highest BCUT2D eigenvalue weighted by Crippen LogP contribution is 2.32. The highest BCUT2D eigenvalue weighted by molar-refractivity contribution is 7.07. The molecule has 0 aliphatic carbocycles. The molecule has 3 rings (SSSR count). The normalized spacial score (nSPS) is 11.7. The molecule has 0 amide bonds. The molecule has 2 aromatic carbocycles. The molecule has 5 nitrogen and oxygen atoms in total. The molecule has 0 bridgehead atoms. The first-order valence-electron chi connectivity index (χ1n) is 8.71. The van der Waals surface area contributed by atoms with Gasteiger partial charge < -0.3 is 19.1 Å². The van der Waals surface area contributed by atoms with Gasteiger partial charge in [-0.3, -0.25) is 0 Å². The van der Waals surface area contributed by atoms with E-state index in [-0.39, 0.29) is 6.61 Å². The molecule has 1 aromatic heterocycles. The van der Waals surface area contributed by atoms with Crippen LogP contribution >= 0.6 is 11.3 Å². The lowest BCUT2D eigenvalue weighted by Gasteiger charge is -2.11. The second-order valence-electron chi connectivity index (χ2n) is 6.25. The average Bonchev–Trinajstić information content (AvgIpc) is 3.06. The number of aromatic nitrogens is 1. The van der Waals surface area contributed by atoms with Crippen molar-refractivity contribution in [3.05, 3.63) is 57.7 Å². The summed E-state index contributed by atoms with van der Waals surface area (Å²) in [6.07, 6.45) is 0. The molecule has 0 saturated carbocycles. The number of aliphatic hydroxyl groups excluding tert-OH is 1. The summed E-state index contributed by atoms with van der Waals surface area (Å²) in [6.45, 7) is 4.64. The maximum atomic E-state index is 9.57. The van der Waals surface area contributed by atoms with Gasteiger partial charge >= 0.3 is 0 Å². The van der Waals surface area contributed by atoms with Gasteiger partial charge in [0.2, 0.25) is 0 Å². The van der Waals surface area contributed by atoms with Crippen molar-refractivity contribution in [2.45, 2.75) is 20.4 Å². The van der Waals surface area contributed by atoms with Crippen LogP contribution in [0.4, 0.5) is 5.69 Å². The zero-order valence-electron chi connectivity index (χ0n) is 16.0. The zero-order chi connectivity index (χ0) is 19.4. The Morgan fingerprint density at radius 1 is 1.04 bits per heavy atom. The smallest absolute Gasteiger partial charge is 0.190 e. The van der Waals surface area contributed by atoms with Crippen LogP contribution in [-0.4, -0.2) is 30.5 Å². The third kappa shape index (κ3) is 4.07. The number of thiazole rings is 1. The van der Waals surface area contributed by atoms with E-state index < -0.39 is 0 Å². The molecule has 0 fully saturated rings. The molecule has 142 valence electrons. The molecule has 0 radical (unpaired) electrons. The van der Waals surface area contributed by atoms with E-state index >= 15 is 0 Å². The van der Waals surface area contributed by atoms with Crippen molar-refractivity contribution in [2.75, 3.05) is 20.8 Å². The number of hydrogen-bond donors (Lipinski definition) is 1. The highest BCUT2D eigenvalue weighted by atomic mass is 32.1. The van der Waals surface area contributed by atoms with Gasteiger partial charge in [0, 0.05) is 17.5 Å². The third-order valence-corrected chi connectivity index (χ3v) is 5.23. The van der Waals surface area contributed by atoms with Gasteiger partial charge in [-0.1, -0.05) is 17.7 Å². The predicted octanol–water partition coefficient (Wildman–Crippen LogP) is 4.08. The SMILES string of the molecule is COc1ccc(-c2csc(=Nc3ccc(C)cc3C)n2CCO)cc1OC. The number of benzene rings is 2. The van der Waals surface area contributed by atoms with E-state index in [4.69, 9.17) is 14.5 Å². The van der Waals surface area contributed by atoms with Crippen LogP contribution in [-0.2, 0) is 6.54 Å². The molecular formula is C21H24N2O3S. The summed E-state index contributed by atoms with van der Waals surface area (Å²) in [6, 6.07) is 12.0. The lowest BCUT2D eigenvalue weighted by molar-refractivity contribution is 0.275. The van der Waals surface area contributed by atoms with Crippen molar-refractivity contribution in [2.24, 2.45) is 4.99 Å². The summed E-state index contributed by atoms with van der Waals surface area (Å²) in [5, 5.41) is 11.6. The summed E-state index contributed by atoms with van der Waals surface area (Å²) in [7, 11) is 3.24.